The van der Waals surface area contributed by atoms with Crippen LogP contribution in [-0.4, -0.2) is 0 Å². The van der Waals surface area contributed by atoms with Gasteiger partial charge >= 0.3 is 0 Å². The Morgan fingerprint density at radius 3 is 2.72 bits per heavy atom. The summed E-state index contributed by atoms with van der Waals surface area (Å²) in [7, 11) is 0. The van der Waals surface area contributed by atoms with Crippen LogP contribution < -0.4 is 15.9 Å². The van der Waals surface area contributed by atoms with Crippen LogP contribution in [0.1, 0.15) is 17.2 Å². The monoisotopic (exact) mass is 334 g/mol. The van der Waals surface area contributed by atoms with Crippen LogP contribution in [-0.2, 0) is 0 Å². The van der Waals surface area contributed by atoms with Gasteiger partial charge < -0.3 is 14.9 Å². The number of halogens is 1. The Morgan fingerprint density at radius 2 is 1.96 bits per heavy atom. The minimum Gasteiger partial charge on any atom is -0.456 e. The van der Waals surface area contributed by atoms with E-state index in [1.54, 1.807) is 30.3 Å². The highest BCUT2D eigenvalue weighted by atomic mass is 19.1. The molecule has 2 aromatic carbocycles. The molecule has 1 aromatic heterocycles. The molecule has 122 valence electrons. The van der Waals surface area contributed by atoms with Crippen molar-refractivity contribution in [1.82, 2.24) is 0 Å². The Morgan fingerprint density at radius 1 is 1.16 bits per heavy atom. The number of hydrogen-bond donors (Lipinski definition) is 1. The van der Waals surface area contributed by atoms with Crippen molar-refractivity contribution in [3.8, 4) is 11.8 Å². The van der Waals surface area contributed by atoms with E-state index in [0.29, 0.717) is 16.5 Å². The van der Waals surface area contributed by atoms with E-state index in [4.69, 9.17) is 14.9 Å². The number of hydrogen-bond acceptors (Lipinski definition) is 5. The molecule has 0 spiro atoms. The molecule has 1 aliphatic rings. The van der Waals surface area contributed by atoms with Gasteiger partial charge in [0.1, 0.15) is 23.0 Å². The van der Waals surface area contributed by atoms with Crippen LogP contribution in [0, 0.1) is 17.1 Å². The minimum atomic E-state index is -0.818. The fraction of sp³-hybridized carbons (Fsp3) is 0.0526. The van der Waals surface area contributed by atoms with Gasteiger partial charge in [0.05, 0.1) is 11.3 Å². The van der Waals surface area contributed by atoms with Crippen LogP contribution in [0.3, 0.4) is 0 Å². The van der Waals surface area contributed by atoms with Gasteiger partial charge in [0.15, 0.2) is 5.76 Å². The van der Waals surface area contributed by atoms with Crippen LogP contribution in [0.15, 0.2) is 69.2 Å². The van der Waals surface area contributed by atoms with Gasteiger partial charge in [0.25, 0.3) is 0 Å². The molecular weight excluding hydrogens is 323 g/mol. The molecule has 0 fully saturated rings. The maximum absolute atomic E-state index is 13.7. The number of allylic oxidation sites excluding steroid dienone is 1. The number of benzene rings is 2. The summed E-state index contributed by atoms with van der Waals surface area (Å²) in [4.78, 5) is 12.7. The lowest BCUT2D eigenvalue weighted by Gasteiger charge is -2.24. The number of nitrogens with zero attached hydrogens (tertiary/aromatic N) is 1. The van der Waals surface area contributed by atoms with E-state index in [-0.39, 0.29) is 23.0 Å². The summed E-state index contributed by atoms with van der Waals surface area (Å²) in [5, 5.41) is 9.83. The second-order valence-electron chi connectivity index (χ2n) is 5.60. The van der Waals surface area contributed by atoms with Crippen molar-refractivity contribution in [1.29, 1.82) is 5.26 Å². The van der Waals surface area contributed by atoms with Gasteiger partial charge in [0.2, 0.25) is 17.1 Å². The van der Waals surface area contributed by atoms with Crippen LogP contribution in [0.4, 0.5) is 4.39 Å². The summed E-state index contributed by atoms with van der Waals surface area (Å²) in [5.74, 6) is -1.41. The molecule has 2 N–H and O–H groups in total. The van der Waals surface area contributed by atoms with Gasteiger partial charge in [-0.3, -0.25) is 4.79 Å². The molecule has 3 aromatic rings. The lowest BCUT2D eigenvalue weighted by Crippen LogP contribution is -2.25. The van der Waals surface area contributed by atoms with Gasteiger partial charge in [-0.1, -0.05) is 24.3 Å². The number of para-hydroxylation sites is 1. The Hall–Kier alpha value is -3.59. The summed E-state index contributed by atoms with van der Waals surface area (Å²) in [6, 6.07) is 14.4. The first-order valence-corrected chi connectivity index (χ1v) is 7.49. The van der Waals surface area contributed by atoms with E-state index in [1.165, 1.54) is 18.2 Å². The van der Waals surface area contributed by atoms with Crippen molar-refractivity contribution >= 4 is 11.0 Å². The summed E-state index contributed by atoms with van der Waals surface area (Å²) < 4.78 is 25.0. The van der Waals surface area contributed by atoms with Gasteiger partial charge in [-0.05, 0) is 29.8 Å². The summed E-state index contributed by atoms with van der Waals surface area (Å²) in [6.07, 6.45) is 0. The van der Waals surface area contributed by atoms with Crippen molar-refractivity contribution in [3.63, 3.8) is 0 Å². The number of nitriles is 1. The molecule has 0 radical (unpaired) electrons. The zero-order valence-electron chi connectivity index (χ0n) is 12.8. The molecule has 2 heterocycles. The quantitative estimate of drug-likeness (QED) is 0.738. The second kappa shape index (κ2) is 5.49. The highest BCUT2D eigenvalue weighted by molar-refractivity contribution is 5.78. The van der Waals surface area contributed by atoms with Crippen molar-refractivity contribution in [2.75, 3.05) is 0 Å². The topological polar surface area (TPSA) is 89.2 Å². The molecule has 25 heavy (non-hydrogen) atoms. The van der Waals surface area contributed by atoms with Gasteiger partial charge in [-0.15, -0.1) is 0 Å². The zero-order valence-corrected chi connectivity index (χ0v) is 12.8. The minimum absolute atomic E-state index is 0.0662. The van der Waals surface area contributed by atoms with Crippen molar-refractivity contribution in [3.05, 3.63) is 87.4 Å². The molecule has 4 rings (SSSR count). The predicted octanol–water partition coefficient (Wildman–Crippen LogP) is 3.15. The Balaban J connectivity index is 2.07. The Labute approximate surface area is 141 Å². The molecule has 0 saturated carbocycles. The Kier molecular flexibility index (Phi) is 3.29. The molecular formula is C19H11FN2O3. The van der Waals surface area contributed by atoms with Crippen LogP contribution in [0.2, 0.25) is 0 Å². The predicted molar refractivity (Wildman–Crippen MR) is 88.2 cm³/mol. The third kappa shape index (κ3) is 2.25. The SMILES string of the molecule is N#CC1=C(N)Oc2c(oc3ccccc3c2=O)C1c1cccc(F)c1. The number of nitrogens with two attached hydrogens (primary N) is 1. The van der Waals surface area contributed by atoms with Crippen molar-refractivity contribution < 1.29 is 13.5 Å². The molecule has 1 unspecified atom stereocenters. The number of rotatable bonds is 1. The standard InChI is InChI=1S/C19H11FN2O3/c20-11-5-3-4-10(8-11)15-13(9-21)19(22)25-18-16(23)12-6-1-2-7-14(12)24-17(15)18/h1-8,15H,22H2. The van der Waals surface area contributed by atoms with Gasteiger partial charge in [-0.25, -0.2) is 4.39 Å². The van der Waals surface area contributed by atoms with E-state index in [9.17, 15) is 14.4 Å². The van der Waals surface area contributed by atoms with Crippen molar-refractivity contribution in [2.24, 2.45) is 5.73 Å². The number of fused-ring (bicyclic) bond motifs is 2. The zero-order chi connectivity index (χ0) is 17.6. The van der Waals surface area contributed by atoms with E-state index in [0.717, 1.165) is 0 Å². The van der Waals surface area contributed by atoms with Crippen LogP contribution in [0.5, 0.6) is 5.75 Å². The van der Waals surface area contributed by atoms with Crippen molar-refractivity contribution in [2.45, 2.75) is 5.92 Å². The van der Waals surface area contributed by atoms with E-state index >= 15 is 0 Å². The lowest BCUT2D eigenvalue weighted by atomic mass is 9.87. The molecule has 5 nitrogen and oxygen atoms in total. The molecule has 1 atom stereocenters. The second-order valence-corrected chi connectivity index (χ2v) is 5.60. The molecule has 0 amide bonds. The van der Waals surface area contributed by atoms with E-state index < -0.39 is 17.2 Å². The molecule has 0 aliphatic carbocycles. The summed E-state index contributed by atoms with van der Waals surface area (Å²) in [5.41, 5.74) is 6.32. The normalized spacial score (nSPS) is 16.2. The third-order valence-corrected chi connectivity index (χ3v) is 4.11. The summed E-state index contributed by atoms with van der Waals surface area (Å²) >= 11 is 0. The van der Waals surface area contributed by atoms with E-state index in [2.05, 4.69) is 0 Å². The average molecular weight is 334 g/mol. The molecule has 1 aliphatic heterocycles. The average Bonchev–Trinajstić information content (AvgIpc) is 2.62. The largest absolute Gasteiger partial charge is 0.456 e. The number of ether oxygens (including phenoxy) is 1. The first kappa shape index (κ1) is 15.0. The third-order valence-electron chi connectivity index (χ3n) is 4.11. The Bertz CT molecular complexity index is 1140. The fourth-order valence-corrected chi connectivity index (χ4v) is 2.99. The summed E-state index contributed by atoms with van der Waals surface area (Å²) in [6.45, 7) is 0. The first-order chi connectivity index (χ1) is 12.1. The lowest BCUT2D eigenvalue weighted by molar-refractivity contribution is 0.354. The maximum atomic E-state index is 13.7. The first-order valence-electron chi connectivity index (χ1n) is 7.49. The highest BCUT2D eigenvalue weighted by Crippen LogP contribution is 2.41. The van der Waals surface area contributed by atoms with Crippen LogP contribution >= 0.6 is 0 Å². The molecule has 0 saturated heterocycles. The van der Waals surface area contributed by atoms with Gasteiger partial charge in [0, 0.05) is 0 Å². The molecule has 0 bridgehead atoms. The smallest absolute Gasteiger partial charge is 0.235 e. The fourth-order valence-electron chi connectivity index (χ4n) is 2.99. The van der Waals surface area contributed by atoms with Crippen LogP contribution in [0.25, 0.3) is 11.0 Å². The molecule has 6 heteroatoms. The van der Waals surface area contributed by atoms with E-state index in [1.807, 2.05) is 6.07 Å². The maximum Gasteiger partial charge on any atom is 0.235 e. The van der Waals surface area contributed by atoms with Gasteiger partial charge in [-0.2, -0.15) is 5.26 Å². The highest BCUT2D eigenvalue weighted by Gasteiger charge is 2.35.